The van der Waals surface area contributed by atoms with Crippen LogP contribution in [0.5, 0.6) is 0 Å². The third-order valence-corrected chi connectivity index (χ3v) is 6.17. The molecule has 0 aromatic heterocycles. The summed E-state index contributed by atoms with van der Waals surface area (Å²) in [5.41, 5.74) is 1.25. The van der Waals surface area contributed by atoms with Gasteiger partial charge in [0.25, 0.3) is 0 Å². The molecular weight excluding hydrogens is 420 g/mol. The molecule has 0 fully saturated rings. The zero-order valence-corrected chi connectivity index (χ0v) is 20.3. The number of halogens is 1. The summed E-state index contributed by atoms with van der Waals surface area (Å²) in [7, 11) is 1.40. The normalized spacial score (nSPS) is 12.4. The second-order valence-electron chi connectivity index (χ2n) is 8.45. The van der Waals surface area contributed by atoms with Crippen LogP contribution in [0.3, 0.4) is 0 Å². The van der Waals surface area contributed by atoms with Crippen LogP contribution < -0.4 is 0 Å². The first-order chi connectivity index (χ1) is 15.7. The number of unbranched alkanes of at least 4 members (excludes halogenated alkanes) is 7. The van der Waals surface area contributed by atoms with Gasteiger partial charge in [-0.25, -0.2) is 4.79 Å². The smallest absolute Gasteiger partial charge is 0.330 e. The second kappa shape index (κ2) is 16.7. The van der Waals surface area contributed by atoms with E-state index in [4.69, 9.17) is 16.3 Å². The fourth-order valence-corrected chi connectivity index (χ4v) is 4.12. The molecule has 0 saturated heterocycles. The Bertz CT molecular complexity index is 802. The minimum atomic E-state index is -0.284. The summed E-state index contributed by atoms with van der Waals surface area (Å²) in [5.74, 6) is -0.284. The highest BCUT2D eigenvalue weighted by molar-refractivity contribution is 6.20. The molecule has 0 spiro atoms. The molecule has 2 rings (SSSR count). The number of rotatable bonds is 17. The van der Waals surface area contributed by atoms with Gasteiger partial charge in [-0.05, 0) is 54.5 Å². The van der Waals surface area contributed by atoms with Gasteiger partial charge in [0, 0.05) is 18.1 Å². The zero-order chi connectivity index (χ0) is 22.9. The molecule has 2 aromatic carbocycles. The fourth-order valence-electron chi connectivity index (χ4n) is 3.82. The standard InChI is InChI=1S/C28H39ClO3/c1-31-28(30)18-10-6-5-9-17-27(29)16-8-4-2-3-7-13-21-32-23-24-19-20-25-14-11-12-15-26(25)22-24/h10-12,14-15,18-20,22,27H,2-9,13,16-17,21,23H2,1H3/b18-10+/t27-/m0/s1. The van der Waals surface area contributed by atoms with Gasteiger partial charge in [-0.3, -0.25) is 0 Å². The number of hydrogen-bond acceptors (Lipinski definition) is 3. The van der Waals surface area contributed by atoms with Crippen LogP contribution in [0.15, 0.2) is 54.6 Å². The molecule has 0 N–H and O–H groups in total. The van der Waals surface area contributed by atoms with E-state index < -0.39 is 0 Å². The Morgan fingerprint density at radius 1 is 0.906 bits per heavy atom. The van der Waals surface area contributed by atoms with Gasteiger partial charge >= 0.3 is 5.97 Å². The first-order valence-corrected chi connectivity index (χ1v) is 12.6. The third-order valence-electron chi connectivity index (χ3n) is 5.73. The van der Waals surface area contributed by atoms with Crippen molar-refractivity contribution in [3.63, 3.8) is 0 Å². The van der Waals surface area contributed by atoms with Crippen LogP contribution in [0.1, 0.15) is 76.2 Å². The monoisotopic (exact) mass is 458 g/mol. The van der Waals surface area contributed by atoms with E-state index in [0.717, 1.165) is 45.1 Å². The predicted octanol–water partition coefficient (Wildman–Crippen LogP) is 7.98. The summed E-state index contributed by atoms with van der Waals surface area (Å²) >= 11 is 6.44. The third kappa shape index (κ3) is 11.7. The van der Waals surface area contributed by atoms with Crippen LogP contribution >= 0.6 is 11.6 Å². The largest absolute Gasteiger partial charge is 0.466 e. The number of fused-ring (bicyclic) bond motifs is 1. The van der Waals surface area contributed by atoms with Crippen LogP contribution in [-0.4, -0.2) is 25.1 Å². The van der Waals surface area contributed by atoms with E-state index in [1.165, 1.54) is 61.6 Å². The van der Waals surface area contributed by atoms with Crippen LogP contribution in [0.2, 0.25) is 0 Å². The average Bonchev–Trinajstić information content (AvgIpc) is 2.82. The van der Waals surface area contributed by atoms with Crippen molar-refractivity contribution in [2.45, 2.75) is 82.6 Å². The molecule has 1 atom stereocenters. The lowest BCUT2D eigenvalue weighted by molar-refractivity contribution is -0.134. The van der Waals surface area contributed by atoms with Crippen LogP contribution in [0.4, 0.5) is 0 Å². The SMILES string of the molecule is COC(=O)/C=C/CCCC[C@@H](Cl)CCCCCCCCOCc1ccc2ccccc2c1. The number of carbonyl (C=O) groups is 1. The molecule has 0 aliphatic carbocycles. The van der Waals surface area contributed by atoms with Crippen molar-refractivity contribution in [3.8, 4) is 0 Å². The lowest BCUT2D eigenvalue weighted by atomic mass is 10.0. The summed E-state index contributed by atoms with van der Waals surface area (Å²) in [5, 5.41) is 2.84. The number of esters is 1. The number of hydrogen-bond donors (Lipinski definition) is 0. The van der Waals surface area contributed by atoms with Gasteiger partial charge in [0.05, 0.1) is 13.7 Å². The summed E-state index contributed by atoms with van der Waals surface area (Å²) in [6.07, 6.45) is 16.0. The molecule has 0 saturated carbocycles. The molecular formula is C28H39ClO3. The minimum absolute atomic E-state index is 0.281. The van der Waals surface area contributed by atoms with Gasteiger partial charge in [0.2, 0.25) is 0 Å². The van der Waals surface area contributed by atoms with Crippen molar-refractivity contribution in [2.24, 2.45) is 0 Å². The van der Waals surface area contributed by atoms with Crippen molar-refractivity contribution >= 4 is 28.3 Å². The van der Waals surface area contributed by atoms with E-state index in [1.54, 1.807) is 0 Å². The summed E-state index contributed by atoms with van der Waals surface area (Å²) in [4.78, 5) is 11.0. The number of benzene rings is 2. The lowest BCUT2D eigenvalue weighted by Crippen LogP contribution is -1.98. The van der Waals surface area contributed by atoms with Crippen molar-refractivity contribution in [1.29, 1.82) is 0 Å². The van der Waals surface area contributed by atoms with Crippen molar-refractivity contribution < 1.29 is 14.3 Å². The summed E-state index contributed by atoms with van der Waals surface area (Å²) in [6.45, 7) is 1.54. The van der Waals surface area contributed by atoms with Gasteiger partial charge in [0.1, 0.15) is 0 Å². The number of alkyl halides is 1. The van der Waals surface area contributed by atoms with E-state index in [0.29, 0.717) is 6.61 Å². The molecule has 0 amide bonds. The highest BCUT2D eigenvalue weighted by atomic mass is 35.5. The molecule has 0 radical (unpaired) electrons. The Labute approximate surface area is 199 Å². The van der Waals surface area contributed by atoms with E-state index in [-0.39, 0.29) is 11.3 Å². The molecule has 2 aromatic rings. The maximum atomic E-state index is 11.0. The van der Waals surface area contributed by atoms with Crippen molar-refractivity contribution in [1.82, 2.24) is 0 Å². The fraction of sp³-hybridized carbons (Fsp3) is 0.536. The molecule has 176 valence electrons. The van der Waals surface area contributed by atoms with Crippen molar-refractivity contribution in [3.05, 3.63) is 60.2 Å². The van der Waals surface area contributed by atoms with E-state index in [2.05, 4.69) is 47.2 Å². The van der Waals surface area contributed by atoms with Gasteiger partial charge in [-0.1, -0.05) is 81.0 Å². The molecule has 4 heteroatoms. The molecule has 3 nitrogen and oxygen atoms in total. The van der Waals surface area contributed by atoms with Gasteiger partial charge in [-0.15, -0.1) is 11.6 Å². The first-order valence-electron chi connectivity index (χ1n) is 12.1. The minimum Gasteiger partial charge on any atom is -0.466 e. The van der Waals surface area contributed by atoms with Crippen LogP contribution in [-0.2, 0) is 20.9 Å². The zero-order valence-electron chi connectivity index (χ0n) is 19.6. The molecule has 0 unspecified atom stereocenters. The van der Waals surface area contributed by atoms with Crippen LogP contribution in [0.25, 0.3) is 10.8 Å². The Balaban J connectivity index is 1.37. The number of ether oxygens (including phenoxy) is 2. The first kappa shape index (κ1) is 26.4. The molecule has 0 heterocycles. The number of allylic oxidation sites excluding steroid dienone is 1. The highest BCUT2D eigenvalue weighted by Crippen LogP contribution is 2.18. The quantitative estimate of drug-likeness (QED) is 0.104. The Morgan fingerprint density at radius 3 is 2.38 bits per heavy atom. The van der Waals surface area contributed by atoms with Gasteiger partial charge in [0.15, 0.2) is 0 Å². The number of carbonyl (C=O) groups excluding carboxylic acids is 1. The highest BCUT2D eigenvalue weighted by Gasteiger charge is 2.04. The molecule has 32 heavy (non-hydrogen) atoms. The van der Waals surface area contributed by atoms with E-state index in [9.17, 15) is 4.79 Å². The Kier molecular flexibility index (Phi) is 13.8. The maximum absolute atomic E-state index is 11.0. The Hall–Kier alpha value is -1.84. The van der Waals surface area contributed by atoms with Gasteiger partial charge < -0.3 is 9.47 Å². The lowest BCUT2D eigenvalue weighted by Gasteiger charge is -2.09. The predicted molar refractivity (Wildman–Crippen MR) is 135 cm³/mol. The maximum Gasteiger partial charge on any atom is 0.330 e. The molecule has 0 aliphatic heterocycles. The topological polar surface area (TPSA) is 35.5 Å². The van der Waals surface area contributed by atoms with Crippen LogP contribution in [0, 0.1) is 0 Å². The molecule has 0 bridgehead atoms. The number of methoxy groups -OCH3 is 1. The summed E-state index contributed by atoms with van der Waals surface area (Å²) in [6, 6.07) is 15.0. The van der Waals surface area contributed by atoms with E-state index in [1.807, 2.05) is 6.08 Å². The Morgan fingerprint density at radius 2 is 1.59 bits per heavy atom. The van der Waals surface area contributed by atoms with Gasteiger partial charge in [-0.2, -0.15) is 0 Å². The second-order valence-corrected chi connectivity index (χ2v) is 9.07. The summed E-state index contributed by atoms with van der Waals surface area (Å²) < 4.78 is 10.4. The van der Waals surface area contributed by atoms with Crippen molar-refractivity contribution in [2.75, 3.05) is 13.7 Å². The van der Waals surface area contributed by atoms with E-state index >= 15 is 0 Å². The molecule has 0 aliphatic rings. The average molecular weight is 459 g/mol.